The van der Waals surface area contributed by atoms with Crippen LogP contribution in [-0.4, -0.2) is 80.6 Å². The van der Waals surface area contributed by atoms with Gasteiger partial charge in [-0.25, -0.2) is 9.78 Å². The maximum absolute atomic E-state index is 13.1. The minimum atomic E-state index is -1.39. The standard InChI is InChI=1S/C22H37N7O7/c1-12(2)7-16(20(33)27-15(22(35)36)5-3-4-6-23)29-21(34)17(8-13-10-25-11-26-13)28-19(32)14(24)9-18(30)31/h10-12,14-17H,3-9,23-24H2,1-2H3,(H,25,26)(H,27,33)(H,28,32)(H,29,34)(H,30,31)(H,35,36). The molecule has 36 heavy (non-hydrogen) atoms. The van der Waals surface area contributed by atoms with Crippen LogP contribution in [0.25, 0.3) is 0 Å². The Labute approximate surface area is 209 Å². The second kappa shape index (κ2) is 15.5. The first-order chi connectivity index (χ1) is 16.9. The predicted octanol–water partition coefficient (Wildman–Crippen LogP) is -1.53. The highest BCUT2D eigenvalue weighted by Crippen LogP contribution is 2.09. The molecule has 1 rings (SSSR count). The number of rotatable bonds is 17. The number of carboxylic acids is 2. The summed E-state index contributed by atoms with van der Waals surface area (Å²) in [5.41, 5.74) is 11.6. The zero-order chi connectivity index (χ0) is 27.3. The molecule has 0 aliphatic carbocycles. The number of carbonyl (C=O) groups is 5. The molecule has 0 aliphatic rings. The number of nitrogens with zero attached hydrogens (tertiary/aromatic N) is 1. The summed E-state index contributed by atoms with van der Waals surface area (Å²) in [4.78, 5) is 67.7. The molecule has 1 heterocycles. The van der Waals surface area contributed by atoms with Crippen LogP contribution in [0, 0.1) is 5.92 Å². The summed E-state index contributed by atoms with van der Waals surface area (Å²) in [5, 5.41) is 25.8. The molecule has 14 heteroatoms. The molecule has 0 radical (unpaired) electrons. The summed E-state index contributed by atoms with van der Waals surface area (Å²) in [5.74, 6) is -4.77. The third kappa shape index (κ3) is 11.3. The van der Waals surface area contributed by atoms with Crippen molar-refractivity contribution in [3.05, 3.63) is 18.2 Å². The molecule has 14 nitrogen and oxygen atoms in total. The lowest BCUT2D eigenvalue weighted by molar-refractivity contribution is -0.142. The number of carbonyl (C=O) groups excluding carboxylic acids is 3. The van der Waals surface area contributed by atoms with Gasteiger partial charge in [0.2, 0.25) is 17.7 Å². The van der Waals surface area contributed by atoms with E-state index in [1.807, 2.05) is 13.8 Å². The van der Waals surface area contributed by atoms with E-state index < -0.39 is 60.2 Å². The van der Waals surface area contributed by atoms with Crippen molar-refractivity contribution in [3.8, 4) is 0 Å². The number of nitrogens with one attached hydrogen (secondary N) is 4. The first-order valence-electron chi connectivity index (χ1n) is 11.7. The average molecular weight is 512 g/mol. The van der Waals surface area contributed by atoms with E-state index in [9.17, 15) is 29.1 Å². The lowest BCUT2D eigenvalue weighted by atomic mass is 10.0. The Morgan fingerprint density at radius 2 is 1.58 bits per heavy atom. The first kappa shape index (κ1) is 30.5. The second-order valence-corrected chi connectivity index (χ2v) is 8.92. The predicted molar refractivity (Wildman–Crippen MR) is 128 cm³/mol. The smallest absolute Gasteiger partial charge is 0.326 e. The van der Waals surface area contributed by atoms with Crippen molar-refractivity contribution in [2.45, 2.75) is 76.5 Å². The molecule has 0 bridgehead atoms. The van der Waals surface area contributed by atoms with E-state index in [1.54, 1.807) is 0 Å². The van der Waals surface area contributed by atoms with Crippen molar-refractivity contribution < 1.29 is 34.2 Å². The van der Waals surface area contributed by atoms with Crippen LogP contribution in [0.1, 0.15) is 51.6 Å². The van der Waals surface area contributed by atoms with E-state index in [0.29, 0.717) is 25.1 Å². The fraction of sp³-hybridized carbons (Fsp3) is 0.636. The van der Waals surface area contributed by atoms with Gasteiger partial charge in [0.05, 0.1) is 18.8 Å². The summed E-state index contributed by atoms with van der Waals surface area (Å²) in [6.07, 6.45) is 3.65. The number of hydrogen-bond acceptors (Lipinski definition) is 8. The second-order valence-electron chi connectivity index (χ2n) is 8.92. The molecule has 1 aromatic heterocycles. The highest BCUT2D eigenvalue weighted by molar-refractivity contribution is 5.94. The summed E-state index contributed by atoms with van der Waals surface area (Å²) in [6, 6.07) is -4.83. The quantitative estimate of drug-likeness (QED) is 0.112. The van der Waals surface area contributed by atoms with E-state index in [2.05, 4.69) is 25.9 Å². The van der Waals surface area contributed by atoms with Gasteiger partial charge in [0.25, 0.3) is 0 Å². The molecule has 0 spiro atoms. The molecule has 0 fully saturated rings. The maximum atomic E-state index is 13.1. The topological polar surface area (TPSA) is 243 Å². The lowest BCUT2D eigenvalue weighted by Crippen LogP contribution is -2.58. The fourth-order valence-corrected chi connectivity index (χ4v) is 3.38. The monoisotopic (exact) mass is 511 g/mol. The molecule has 0 aliphatic heterocycles. The van der Waals surface area contributed by atoms with Crippen LogP contribution < -0.4 is 27.4 Å². The molecule has 1 aromatic rings. The SMILES string of the molecule is CC(C)CC(NC(=O)C(Cc1cnc[nH]1)NC(=O)C(N)CC(=O)O)C(=O)NC(CCCCN)C(=O)O. The number of unbranched alkanes of at least 4 members (excludes halogenated alkanes) is 1. The number of hydrogen-bond donors (Lipinski definition) is 8. The van der Waals surface area contributed by atoms with Crippen LogP contribution in [0.15, 0.2) is 12.5 Å². The fourth-order valence-electron chi connectivity index (χ4n) is 3.38. The molecule has 0 saturated carbocycles. The van der Waals surface area contributed by atoms with Gasteiger partial charge in [-0.3, -0.25) is 19.2 Å². The third-order valence-electron chi connectivity index (χ3n) is 5.24. The number of imidazole rings is 1. The number of aromatic nitrogens is 2. The van der Waals surface area contributed by atoms with Crippen LogP contribution in [0.3, 0.4) is 0 Å². The Kier molecular flexibility index (Phi) is 13.1. The van der Waals surface area contributed by atoms with Crippen LogP contribution in [-0.2, 0) is 30.4 Å². The van der Waals surface area contributed by atoms with Gasteiger partial charge < -0.3 is 42.6 Å². The molecule has 0 saturated heterocycles. The van der Waals surface area contributed by atoms with Gasteiger partial charge in [0.1, 0.15) is 18.1 Å². The van der Waals surface area contributed by atoms with Gasteiger partial charge in [0, 0.05) is 18.3 Å². The molecule has 4 unspecified atom stereocenters. The number of aliphatic carboxylic acids is 2. The van der Waals surface area contributed by atoms with Gasteiger partial charge in [-0.2, -0.15) is 0 Å². The van der Waals surface area contributed by atoms with Gasteiger partial charge in [-0.05, 0) is 38.1 Å². The highest BCUT2D eigenvalue weighted by atomic mass is 16.4. The van der Waals surface area contributed by atoms with E-state index in [4.69, 9.17) is 16.6 Å². The van der Waals surface area contributed by atoms with E-state index >= 15 is 0 Å². The lowest BCUT2D eigenvalue weighted by Gasteiger charge is -2.26. The van der Waals surface area contributed by atoms with Crippen LogP contribution in [0.2, 0.25) is 0 Å². The Morgan fingerprint density at radius 1 is 0.972 bits per heavy atom. The minimum absolute atomic E-state index is 0.0359. The van der Waals surface area contributed by atoms with Gasteiger partial charge in [-0.15, -0.1) is 0 Å². The summed E-state index contributed by atoms with van der Waals surface area (Å²) < 4.78 is 0. The third-order valence-corrected chi connectivity index (χ3v) is 5.24. The molecule has 3 amide bonds. The van der Waals surface area contributed by atoms with Crippen LogP contribution in [0.5, 0.6) is 0 Å². The van der Waals surface area contributed by atoms with E-state index in [-0.39, 0.29) is 25.2 Å². The number of aromatic amines is 1. The molecule has 4 atom stereocenters. The van der Waals surface area contributed by atoms with Gasteiger partial charge in [0.15, 0.2) is 0 Å². The molecule has 202 valence electrons. The highest BCUT2D eigenvalue weighted by Gasteiger charge is 2.31. The van der Waals surface area contributed by atoms with E-state index in [1.165, 1.54) is 12.5 Å². The Hall–Kier alpha value is -3.52. The first-order valence-corrected chi connectivity index (χ1v) is 11.7. The van der Waals surface area contributed by atoms with E-state index in [0.717, 1.165) is 0 Å². The molecule has 10 N–H and O–H groups in total. The van der Waals surface area contributed by atoms with Crippen molar-refractivity contribution in [2.24, 2.45) is 17.4 Å². The number of nitrogens with two attached hydrogens (primary N) is 2. The normalized spacial score (nSPS) is 14.4. The number of H-pyrrole nitrogens is 1. The summed E-state index contributed by atoms with van der Waals surface area (Å²) >= 11 is 0. The largest absolute Gasteiger partial charge is 0.481 e. The Morgan fingerprint density at radius 3 is 2.11 bits per heavy atom. The number of amides is 3. The van der Waals surface area contributed by atoms with Crippen molar-refractivity contribution in [1.29, 1.82) is 0 Å². The van der Waals surface area contributed by atoms with Gasteiger partial charge in [-0.1, -0.05) is 13.8 Å². The zero-order valence-electron chi connectivity index (χ0n) is 20.5. The summed E-state index contributed by atoms with van der Waals surface area (Å²) in [6.45, 7) is 4.06. The van der Waals surface area contributed by atoms with Crippen LogP contribution in [0.4, 0.5) is 0 Å². The van der Waals surface area contributed by atoms with Crippen molar-refractivity contribution in [3.63, 3.8) is 0 Å². The van der Waals surface area contributed by atoms with Crippen molar-refractivity contribution >= 4 is 29.7 Å². The zero-order valence-corrected chi connectivity index (χ0v) is 20.5. The Bertz CT molecular complexity index is 876. The molecule has 0 aromatic carbocycles. The average Bonchev–Trinajstić information content (AvgIpc) is 3.29. The molecular weight excluding hydrogens is 474 g/mol. The maximum Gasteiger partial charge on any atom is 0.326 e. The van der Waals surface area contributed by atoms with Crippen molar-refractivity contribution in [1.82, 2.24) is 25.9 Å². The molecular formula is C22H37N7O7. The van der Waals surface area contributed by atoms with Crippen LogP contribution >= 0.6 is 0 Å². The Balaban J connectivity index is 3.02. The minimum Gasteiger partial charge on any atom is -0.481 e. The summed E-state index contributed by atoms with van der Waals surface area (Å²) in [7, 11) is 0. The van der Waals surface area contributed by atoms with Gasteiger partial charge >= 0.3 is 11.9 Å². The number of carboxylic acid groups (broad SMARTS) is 2. The van der Waals surface area contributed by atoms with Crippen molar-refractivity contribution in [2.75, 3.05) is 6.54 Å².